The molecule has 1 aliphatic rings. The van der Waals surface area contributed by atoms with Gasteiger partial charge in [-0.1, -0.05) is 78.9 Å². The summed E-state index contributed by atoms with van der Waals surface area (Å²) >= 11 is 0. The topological polar surface area (TPSA) is 58.8 Å². The molecular weight excluding hydrogens is 441 g/mol. The fraction of sp³-hybridized carbons (Fsp3) is 0.345. The summed E-state index contributed by atoms with van der Waals surface area (Å²) in [6.45, 7) is 3.34. The second-order valence-corrected chi connectivity index (χ2v) is 9.02. The van der Waals surface area contributed by atoms with Gasteiger partial charge in [0.2, 0.25) is 5.91 Å². The lowest BCUT2D eigenvalue weighted by molar-refractivity contribution is -0.137. The van der Waals surface area contributed by atoms with E-state index >= 15 is 0 Å². The molecule has 2 atom stereocenters. The van der Waals surface area contributed by atoms with E-state index in [1.54, 1.807) is 18.2 Å². The van der Waals surface area contributed by atoms with Gasteiger partial charge in [-0.15, -0.1) is 0 Å². The summed E-state index contributed by atoms with van der Waals surface area (Å²) in [5.41, 5.74) is 8.99. The molecule has 1 heterocycles. The molecular formula is C29H34FN3O2. The molecule has 0 saturated carbocycles. The number of rotatable bonds is 10. The van der Waals surface area contributed by atoms with Crippen molar-refractivity contribution in [1.82, 2.24) is 9.80 Å². The van der Waals surface area contributed by atoms with Gasteiger partial charge in [0.05, 0.1) is 6.61 Å². The number of ether oxygens (including phenoxy) is 1. The molecule has 2 N–H and O–H groups in total. The number of nitrogens with two attached hydrogens (primary N) is 1. The average molecular weight is 476 g/mol. The Bertz CT molecular complexity index is 1060. The summed E-state index contributed by atoms with van der Waals surface area (Å²) in [5.74, 6) is -0.248. The average Bonchev–Trinajstić information content (AvgIpc) is 2.91. The highest BCUT2D eigenvalue weighted by Crippen LogP contribution is 2.20. The Morgan fingerprint density at radius 3 is 2.11 bits per heavy atom. The van der Waals surface area contributed by atoms with Gasteiger partial charge in [0.15, 0.2) is 0 Å². The van der Waals surface area contributed by atoms with Crippen LogP contribution in [0.1, 0.15) is 35.6 Å². The number of benzene rings is 3. The molecule has 4 rings (SSSR count). The predicted molar refractivity (Wildman–Crippen MR) is 136 cm³/mol. The molecule has 1 unspecified atom stereocenters. The molecule has 5 nitrogen and oxygen atoms in total. The van der Waals surface area contributed by atoms with Gasteiger partial charge in [-0.3, -0.25) is 9.69 Å². The van der Waals surface area contributed by atoms with Crippen molar-refractivity contribution in [2.75, 3.05) is 26.2 Å². The van der Waals surface area contributed by atoms with E-state index in [-0.39, 0.29) is 18.0 Å². The first-order valence-corrected chi connectivity index (χ1v) is 12.3. The van der Waals surface area contributed by atoms with Crippen LogP contribution in [0.5, 0.6) is 0 Å². The van der Waals surface area contributed by atoms with Gasteiger partial charge < -0.3 is 15.4 Å². The lowest BCUT2D eigenvalue weighted by Gasteiger charge is -2.39. The van der Waals surface area contributed by atoms with Crippen molar-refractivity contribution in [3.05, 3.63) is 107 Å². The van der Waals surface area contributed by atoms with E-state index in [1.807, 2.05) is 41.3 Å². The van der Waals surface area contributed by atoms with Crippen LogP contribution in [0.25, 0.3) is 0 Å². The Morgan fingerprint density at radius 2 is 1.46 bits per heavy atom. The van der Waals surface area contributed by atoms with Gasteiger partial charge in [0, 0.05) is 50.6 Å². The Kier molecular flexibility index (Phi) is 9.01. The van der Waals surface area contributed by atoms with E-state index < -0.39 is 6.04 Å². The van der Waals surface area contributed by atoms with Crippen molar-refractivity contribution in [3.63, 3.8) is 0 Å². The van der Waals surface area contributed by atoms with E-state index in [0.29, 0.717) is 38.1 Å². The van der Waals surface area contributed by atoms with Crippen LogP contribution in [0.4, 0.5) is 4.39 Å². The summed E-state index contributed by atoms with van der Waals surface area (Å²) in [6, 6.07) is 26.6. The largest absolute Gasteiger partial charge is 0.358 e. The van der Waals surface area contributed by atoms with Gasteiger partial charge >= 0.3 is 0 Å². The van der Waals surface area contributed by atoms with E-state index in [4.69, 9.17) is 10.5 Å². The Morgan fingerprint density at radius 1 is 0.857 bits per heavy atom. The number of carbonyl (C=O) groups is 1. The second kappa shape index (κ2) is 12.6. The highest BCUT2D eigenvalue weighted by atomic mass is 19.1. The normalized spacial score (nSPS) is 16.1. The van der Waals surface area contributed by atoms with Gasteiger partial charge in [-0.25, -0.2) is 4.39 Å². The van der Waals surface area contributed by atoms with Crippen molar-refractivity contribution < 1.29 is 13.9 Å². The number of nitrogens with zero attached hydrogens (tertiary/aromatic N) is 2. The van der Waals surface area contributed by atoms with Crippen molar-refractivity contribution in [3.8, 4) is 0 Å². The fourth-order valence-electron chi connectivity index (χ4n) is 4.50. The fourth-order valence-corrected chi connectivity index (χ4v) is 4.50. The van der Waals surface area contributed by atoms with Crippen LogP contribution in [0.3, 0.4) is 0 Å². The minimum absolute atomic E-state index is 0.0654. The molecule has 1 saturated heterocycles. The minimum Gasteiger partial charge on any atom is -0.358 e. The summed E-state index contributed by atoms with van der Waals surface area (Å²) in [6.07, 6.45) is 1.47. The van der Waals surface area contributed by atoms with Crippen molar-refractivity contribution >= 4 is 5.91 Å². The zero-order valence-corrected chi connectivity index (χ0v) is 20.1. The third-order valence-corrected chi connectivity index (χ3v) is 6.59. The zero-order valence-electron chi connectivity index (χ0n) is 20.1. The Balaban J connectivity index is 1.30. The quantitative estimate of drug-likeness (QED) is 0.468. The van der Waals surface area contributed by atoms with E-state index in [1.165, 1.54) is 11.6 Å². The number of amides is 1. The van der Waals surface area contributed by atoms with E-state index in [0.717, 1.165) is 25.1 Å². The lowest BCUT2D eigenvalue weighted by Crippen LogP contribution is -2.53. The third kappa shape index (κ3) is 7.21. The molecule has 1 fully saturated rings. The lowest BCUT2D eigenvalue weighted by atomic mass is 10.0. The minimum atomic E-state index is -0.483. The number of piperazine rings is 1. The molecule has 0 spiro atoms. The van der Waals surface area contributed by atoms with Crippen molar-refractivity contribution in [1.29, 1.82) is 0 Å². The van der Waals surface area contributed by atoms with Gasteiger partial charge in [-0.2, -0.15) is 0 Å². The van der Waals surface area contributed by atoms with Gasteiger partial charge in [0.25, 0.3) is 0 Å². The smallest absolute Gasteiger partial charge is 0.222 e. The summed E-state index contributed by atoms with van der Waals surface area (Å²) in [7, 11) is 0. The molecule has 184 valence electrons. The van der Waals surface area contributed by atoms with Gasteiger partial charge in [-0.05, 0) is 23.6 Å². The van der Waals surface area contributed by atoms with Crippen LogP contribution in [0, 0.1) is 5.82 Å². The predicted octanol–water partition coefficient (Wildman–Crippen LogP) is 4.54. The number of carbonyl (C=O) groups excluding carboxylic acids is 1. The second-order valence-electron chi connectivity index (χ2n) is 9.02. The zero-order chi connectivity index (χ0) is 24.5. The maximum Gasteiger partial charge on any atom is 0.222 e. The van der Waals surface area contributed by atoms with Crippen LogP contribution in [-0.4, -0.2) is 48.1 Å². The highest BCUT2D eigenvalue weighted by Gasteiger charge is 2.27. The van der Waals surface area contributed by atoms with Gasteiger partial charge in [0.1, 0.15) is 12.0 Å². The highest BCUT2D eigenvalue weighted by molar-refractivity contribution is 5.76. The molecule has 3 aromatic carbocycles. The first-order valence-electron chi connectivity index (χ1n) is 12.3. The summed E-state index contributed by atoms with van der Waals surface area (Å²) in [4.78, 5) is 17.0. The molecule has 35 heavy (non-hydrogen) atoms. The van der Waals surface area contributed by atoms with Crippen molar-refractivity contribution in [2.24, 2.45) is 5.73 Å². The molecule has 0 aliphatic carbocycles. The molecule has 6 heteroatoms. The summed E-state index contributed by atoms with van der Waals surface area (Å²) < 4.78 is 20.3. The molecule has 3 aromatic rings. The maximum absolute atomic E-state index is 14.0. The Labute approximate surface area is 207 Å². The summed E-state index contributed by atoms with van der Waals surface area (Å²) in [5, 5.41) is 0. The first kappa shape index (κ1) is 25.0. The number of halogens is 1. The molecule has 0 radical (unpaired) electrons. The Hall–Kier alpha value is -3.06. The number of hydrogen-bond donors (Lipinski definition) is 1. The molecule has 1 aliphatic heterocycles. The number of hydrogen-bond acceptors (Lipinski definition) is 4. The standard InChI is InChI=1S/C29H34FN3O2/c30-26-14-8-7-13-25(26)27(31)15-16-28(34)32-17-19-33(20-18-32)29(21-23-9-3-1-4-10-23)35-22-24-11-5-2-6-12-24/h1-14,27,29H,15-22,31H2/t27?,29-/m0/s1. The van der Waals surface area contributed by atoms with E-state index in [2.05, 4.69) is 29.2 Å². The molecule has 0 bridgehead atoms. The van der Waals surface area contributed by atoms with E-state index in [9.17, 15) is 9.18 Å². The van der Waals surface area contributed by atoms with Crippen LogP contribution < -0.4 is 5.73 Å². The monoisotopic (exact) mass is 475 g/mol. The maximum atomic E-state index is 14.0. The van der Waals surface area contributed by atoms with Crippen LogP contribution in [-0.2, 0) is 22.6 Å². The van der Waals surface area contributed by atoms with Crippen LogP contribution in [0.2, 0.25) is 0 Å². The van der Waals surface area contributed by atoms with Crippen molar-refractivity contribution in [2.45, 2.75) is 38.1 Å². The van der Waals surface area contributed by atoms with Crippen LogP contribution in [0.15, 0.2) is 84.9 Å². The van der Waals surface area contributed by atoms with Crippen LogP contribution >= 0.6 is 0 Å². The molecule has 1 amide bonds. The first-order chi connectivity index (χ1) is 17.1. The molecule has 0 aromatic heterocycles. The SMILES string of the molecule is NC(CCC(=O)N1CCN([C@H](Cc2ccccc2)OCc2ccccc2)CC1)c1ccccc1F. The third-order valence-electron chi connectivity index (χ3n) is 6.59.